The molecule has 27 heavy (non-hydrogen) atoms. The van der Waals surface area contributed by atoms with E-state index in [4.69, 9.17) is 4.99 Å². The molecule has 0 saturated heterocycles. The van der Waals surface area contributed by atoms with Crippen molar-refractivity contribution in [2.45, 2.75) is 45.6 Å². The van der Waals surface area contributed by atoms with Crippen molar-refractivity contribution in [3.63, 3.8) is 0 Å². The predicted molar refractivity (Wildman–Crippen MR) is 101 cm³/mol. The Morgan fingerprint density at radius 3 is 2.41 bits per heavy atom. The Kier molecular flexibility index (Phi) is 3.67. The number of rotatable bonds is 1. The monoisotopic (exact) mass is 366 g/mol. The minimum atomic E-state index is -1.04. The number of aromatic nitrogens is 3. The molecule has 1 aliphatic rings. The summed E-state index contributed by atoms with van der Waals surface area (Å²) in [4.78, 5) is 9.38. The van der Waals surface area contributed by atoms with Crippen LogP contribution >= 0.6 is 0 Å². The van der Waals surface area contributed by atoms with Crippen LogP contribution in [0.5, 0.6) is 0 Å². The first-order valence-electron chi connectivity index (χ1n) is 8.82. The lowest BCUT2D eigenvalue weighted by Crippen LogP contribution is -2.46. The molecule has 2 aromatic carbocycles. The van der Waals surface area contributed by atoms with E-state index in [9.17, 15) is 8.78 Å². The molecule has 2 heterocycles. The fourth-order valence-corrected chi connectivity index (χ4v) is 3.70. The summed E-state index contributed by atoms with van der Waals surface area (Å²) in [6.45, 7) is 10.6. The number of fused-ring (bicyclic) bond motifs is 2. The highest BCUT2D eigenvalue weighted by atomic mass is 19.2. The maximum absolute atomic E-state index is 13.9. The molecular formula is C21H20F2N4. The van der Waals surface area contributed by atoms with Gasteiger partial charge in [-0.1, -0.05) is 32.0 Å². The van der Waals surface area contributed by atoms with Gasteiger partial charge in [0.2, 0.25) is 5.82 Å². The van der Waals surface area contributed by atoms with Crippen LogP contribution in [0.25, 0.3) is 11.0 Å². The Balaban J connectivity index is 1.99. The van der Waals surface area contributed by atoms with Crippen LogP contribution in [-0.4, -0.2) is 26.4 Å². The van der Waals surface area contributed by atoms with E-state index in [1.165, 1.54) is 17.2 Å². The molecule has 0 unspecified atom stereocenters. The molecule has 1 aliphatic heterocycles. The number of benzene rings is 2. The summed E-state index contributed by atoms with van der Waals surface area (Å²) in [5.74, 6) is -1.70. The van der Waals surface area contributed by atoms with Gasteiger partial charge in [-0.3, -0.25) is 4.99 Å². The highest BCUT2D eigenvalue weighted by molar-refractivity contribution is 6.13. The van der Waals surface area contributed by atoms with Gasteiger partial charge < -0.3 is 0 Å². The first-order chi connectivity index (χ1) is 12.6. The molecule has 0 fully saturated rings. The van der Waals surface area contributed by atoms with E-state index in [-0.39, 0.29) is 16.4 Å². The molecule has 0 aliphatic carbocycles. The first-order valence-corrected chi connectivity index (χ1v) is 8.82. The van der Waals surface area contributed by atoms with Gasteiger partial charge in [0.1, 0.15) is 5.71 Å². The van der Waals surface area contributed by atoms with Crippen molar-refractivity contribution in [3.8, 4) is 0 Å². The molecular weight excluding hydrogens is 346 g/mol. The van der Waals surface area contributed by atoms with Gasteiger partial charge in [-0.2, -0.15) is 0 Å². The van der Waals surface area contributed by atoms with Crippen molar-refractivity contribution >= 4 is 16.7 Å². The zero-order valence-corrected chi connectivity index (χ0v) is 15.9. The van der Waals surface area contributed by atoms with Crippen molar-refractivity contribution in [2.75, 3.05) is 0 Å². The molecule has 0 amide bonds. The largest absolute Gasteiger partial charge is 0.274 e. The molecule has 0 atom stereocenters. The summed E-state index contributed by atoms with van der Waals surface area (Å²) in [6, 6.07) is 8.50. The topological polar surface area (TPSA) is 51.0 Å². The summed E-state index contributed by atoms with van der Waals surface area (Å²) >= 11 is 0. The zero-order chi connectivity index (χ0) is 19.6. The van der Waals surface area contributed by atoms with Gasteiger partial charge in [-0.25, -0.2) is 13.8 Å². The highest BCUT2D eigenvalue weighted by Gasteiger charge is 2.45. The Labute approximate surface area is 156 Å². The van der Waals surface area contributed by atoms with Crippen molar-refractivity contribution in [3.05, 3.63) is 64.5 Å². The molecule has 0 saturated carbocycles. The molecule has 0 N–H and O–H groups in total. The van der Waals surface area contributed by atoms with Crippen LogP contribution in [-0.2, 0) is 5.41 Å². The molecule has 3 aromatic rings. The SMILES string of the molecule is Cc1cccc2c1C(C)(C)C(C)(C)N=C2c1nnc2c(F)c(F)ccc2n1. The van der Waals surface area contributed by atoms with Gasteiger partial charge in [0.15, 0.2) is 17.2 Å². The normalized spacial score (nSPS) is 17.5. The Morgan fingerprint density at radius 1 is 0.926 bits per heavy atom. The Bertz CT molecular complexity index is 1120. The summed E-state index contributed by atoms with van der Waals surface area (Å²) < 4.78 is 27.4. The van der Waals surface area contributed by atoms with E-state index >= 15 is 0 Å². The Morgan fingerprint density at radius 2 is 1.67 bits per heavy atom. The summed E-state index contributed by atoms with van der Waals surface area (Å²) in [7, 11) is 0. The van der Waals surface area contributed by atoms with Gasteiger partial charge in [-0.05, 0) is 44.0 Å². The second-order valence-corrected chi connectivity index (χ2v) is 8.01. The fourth-order valence-electron chi connectivity index (χ4n) is 3.70. The first kappa shape index (κ1) is 17.6. The molecule has 4 nitrogen and oxygen atoms in total. The van der Waals surface area contributed by atoms with E-state index < -0.39 is 17.2 Å². The highest BCUT2D eigenvalue weighted by Crippen LogP contribution is 2.45. The van der Waals surface area contributed by atoms with E-state index in [1.807, 2.05) is 12.1 Å². The van der Waals surface area contributed by atoms with Gasteiger partial charge >= 0.3 is 0 Å². The van der Waals surface area contributed by atoms with Gasteiger partial charge in [0.05, 0.1) is 11.1 Å². The maximum atomic E-state index is 13.9. The van der Waals surface area contributed by atoms with E-state index in [0.29, 0.717) is 11.5 Å². The molecule has 0 radical (unpaired) electrons. The number of nitrogens with zero attached hydrogens (tertiary/aromatic N) is 4. The standard InChI is InChI=1S/C21H20F2N4/c1-11-7-6-8-12-15(11)20(2,3)21(4,5)25-17(12)19-24-14-10-9-13(22)16(23)18(14)26-27-19/h6-10H,1-5H3. The quantitative estimate of drug-likeness (QED) is 0.636. The number of aliphatic imine (C=N–C) groups is 1. The van der Waals surface area contributed by atoms with Crippen LogP contribution in [0.2, 0.25) is 0 Å². The maximum Gasteiger partial charge on any atom is 0.201 e. The minimum absolute atomic E-state index is 0.181. The predicted octanol–water partition coefficient (Wildman–Crippen LogP) is 4.52. The number of hydrogen-bond donors (Lipinski definition) is 0. The number of hydrogen-bond acceptors (Lipinski definition) is 4. The van der Waals surface area contributed by atoms with Crippen LogP contribution in [0.15, 0.2) is 35.3 Å². The van der Waals surface area contributed by atoms with Crippen molar-refractivity contribution < 1.29 is 8.78 Å². The lowest BCUT2D eigenvalue weighted by molar-refractivity contribution is 0.302. The lowest BCUT2D eigenvalue weighted by atomic mass is 9.65. The third-order valence-corrected chi connectivity index (χ3v) is 5.80. The second kappa shape index (κ2) is 5.62. The van der Waals surface area contributed by atoms with Gasteiger partial charge in [-0.15, -0.1) is 10.2 Å². The average Bonchev–Trinajstić information content (AvgIpc) is 2.61. The molecule has 0 spiro atoms. The third-order valence-electron chi connectivity index (χ3n) is 5.80. The fraction of sp³-hybridized carbons (Fsp3) is 0.333. The van der Waals surface area contributed by atoms with E-state index in [0.717, 1.165) is 11.6 Å². The molecule has 6 heteroatoms. The smallest absolute Gasteiger partial charge is 0.201 e. The minimum Gasteiger partial charge on any atom is -0.274 e. The molecule has 0 bridgehead atoms. The van der Waals surface area contributed by atoms with Gasteiger partial charge in [0, 0.05) is 11.0 Å². The summed E-state index contributed by atoms with van der Waals surface area (Å²) in [5, 5.41) is 7.96. The molecule has 4 rings (SSSR count). The van der Waals surface area contributed by atoms with Crippen LogP contribution < -0.4 is 0 Å². The van der Waals surface area contributed by atoms with E-state index in [2.05, 4.69) is 55.9 Å². The average molecular weight is 366 g/mol. The molecule has 138 valence electrons. The lowest BCUT2D eigenvalue weighted by Gasteiger charge is -2.44. The van der Waals surface area contributed by atoms with Crippen LogP contribution in [0, 0.1) is 18.6 Å². The van der Waals surface area contributed by atoms with Crippen molar-refractivity contribution in [1.29, 1.82) is 0 Å². The summed E-state index contributed by atoms with van der Waals surface area (Å²) in [5.41, 5.74) is 3.39. The van der Waals surface area contributed by atoms with Crippen molar-refractivity contribution in [1.82, 2.24) is 15.2 Å². The zero-order valence-electron chi connectivity index (χ0n) is 15.9. The second-order valence-electron chi connectivity index (χ2n) is 8.01. The van der Waals surface area contributed by atoms with Gasteiger partial charge in [0.25, 0.3) is 0 Å². The number of halogens is 2. The summed E-state index contributed by atoms with van der Waals surface area (Å²) in [6.07, 6.45) is 0. The van der Waals surface area contributed by atoms with Crippen LogP contribution in [0.3, 0.4) is 0 Å². The number of aryl methyl sites for hydroxylation is 1. The Hall–Kier alpha value is -2.76. The molecule has 1 aromatic heterocycles. The van der Waals surface area contributed by atoms with Crippen LogP contribution in [0.1, 0.15) is 50.2 Å². The van der Waals surface area contributed by atoms with Crippen molar-refractivity contribution in [2.24, 2.45) is 4.99 Å². The van der Waals surface area contributed by atoms with E-state index in [1.54, 1.807) is 0 Å². The van der Waals surface area contributed by atoms with Crippen LogP contribution in [0.4, 0.5) is 8.78 Å². The third kappa shape index (κ3) is 2.46.